The Hall–Kier alpha value is -0.120. The van der Waals surface area contributed by atoms with E-state index in [4.69, 9.17) is 0 Å². The smallest absolute Gasteiger partial charge is 0.0621 e. The molecule has 0 heterocycles. The lowest BCUT2D eigenvalue weighted by molar-refractivity contribution is -0.0718. The summed E-state index contributed by atoms with van der Waals surface area (Å²) in [5.74, 6) is 0.371. The van der Waals surface area contributed by atoms with E-state index in [-0.39, 0.29) is 18.1 Å². The van der Waals surface area contributed by atoms with Gasteiger partial charge >= 0.3 is 0 Å². The van der Waals surface area contributed by atoms with Crippen LogP contribution in [-0.4, -0.2) is 33.6 Å². The zero-order valence-electron chi connectivity index (χ0n) is 9.89. The van der Waals surface area contributed by atoms with Crippen LogP contribution in [0, 0.1) is 11.8 Å². The van der Waals surface area contributed by atoms with Crippen LogP contribution in [-0.2, 0) is 0 Å². The Balaban J connectivity index is 1.90. The molecule has 0 bridgehead atoms. The Morgan fingerprint density at radius 3 is 2.19 bits per heavy atom. The standard InChI is InChI=1S/C13H24O3/c14-10-6-7-11(12(15)8-10)13(16)9-4-2-1-3-5-9/h9-16H,1-8H2. The number of rotatable bonds is 2. The largest absolute Gasteiger partial charge is 0.393 e. The Morgan fingerprint density at radius 2 is 1.56 bits per heavy atom. The molecule has 0 saturated heterocycles. The van der Waals surface area contributed by atoms with E-state index >= 15 is 0 Å². The topological polar surface area (TPSA) is 60.7 Å². The van der Waals surface area contributed by atoms with E-state index in [2.05, 4.69) is 0 Å². The minimum atomic E-state index is -0.513. The summed E-state index contributed by atoms with van der Waals surface area (Å²) >= 11 is 0. The molecule has 0 amide bonds. The van der Waals surface area contributed by atoms with E-state index in [9.17, 15) is 15.3 Å². The van der Waals surface area contributed by atoms with Gasteiger partial charge in [-0.2, -0.15) is 0 Å². The third-order valence-corrected chi connectivity index (χ3v) is 4.41. The van der Waals surface area contributed by atoms with Crippen molar-refractivity contribution < 1.29 is 15.3 Å². The molecule has 0 aromatic carbocycles. The van der Waals surface area contributed by atoms with Crippen LogP contribution >= 0.6 is 0 Å². The van der Waals surface area contributed by atoms with Crippen molar-refractivity contribution in [2.45, 2.75) is 69.7 Å². The van der Waals surface area contributed by atoms with E-state index in [0.29, 0.717) is 12.3 Å². The average Bonchev–Trinajstić information content (AvgIpc) is 2.29. The van der Waals surface area contributed by atoms with Crippen molar-refractivity contribution in [2.75, 3.05) is 0 Å². The van der Waals surface area contributed by atoms with Crippen molar-refractivity contribution in [3.05, 3.63) is 0 Å². The third kappa shape index (κ3) is 2.76. The highest BCUT2D eigenvalue weighted by Crippen LogP contribution is 2.35. The molecule has 0 aromatic rings. The molecule has 0 radical (unpaired) electrons. The number of aliphatic hydroxyl groups excluding tert-OH is 3. The second-order valence-corrected chi connectivity index (χ2v) is 5.59. The summed E-state index contributed by atoms with van der Waals surface area (Å²) < 4.78 is 0. The summed E-state index contributed by atoms with van der Waals surface area (Å²) in [6.07, 6.45) is 6.61. The molecule has 0 spiro atoms. The second-order valence-electron chi connectivity index (χ2n) is 5.59. The molecule has 4 atom stereocenters. The van der Waals surface area contributed by atoms with Gasteiger partial charge in [-0.25, -0.2) is 0 Å². The Labute approximate surface area is 97.5 Å². The predicted molar refractivity (Wildman–Crippen MR) is 61.9 cm³/mol. The first kappa shape index (κ1) is 12.3. The molecule has 3 nitrogen and oxygen atoms in total. The zero-order chi connectivity index (χ0) is 11.5. The van der Waals surface area contributed by atoms with Crippen molar-refractivity contribution in [1.82, 2.24) is 0 Å². The summed E-state index contributed by atoms with van der Waals surface area (Å²) in [5, 5.41) is 29.7. The zero-order valence-corrected chi connectivity index (χ0v) is 9.89. The van der Waals surface area contributed by atoms with Crippen molar-refractivity contribution in [1.29, 1.82) is 0 Å². The van der Waals surface area contributed by atoms with Gasteiger partial charge in [-0.1, -0.05) is 19.3 Å². The third-order valence-electron chi connectivity index (χ3n) is 4.41. The summed E-state index contributed by atoms with van der Waals surface area (Å²) in [6.45, 7) is 0. The summed E-state index contributed by atoms with van der Waals surface area (Å²) in [6, 6.07) is 0. The van der Waals surface area contributed by atoms with E-state index in [1.54, 1.807) is 0 Å². The van der Waals surface area contributed by atoms with E-state index < -0.39 is 6.10 Å². The van der Waals surface area contributed by atoms with Crippen LogP contribution in [0.25, 0.3) is 0 Å². The number of hydrogen-bond donors (Lipinski definition) is 3. The van der Waals surface area contributed by atoms with Gasteiger partial charge in [0.25, 0.3) is 0 Å². The van der Waals surface area contributed by atoms with Crippen LogP contribution in [0.3, 0.4) is 0 Å². The van der Waals surface area contributed by atoms with Crippen molar-refractivity contribution in [3.63, 3.8) is 0 Å². The van der Waals surface area contributed by atoms with E-state index in [0.717, 1.165) is 25.7 Å². The van der Waals surface area contributed by atoms with Gasteiger partial charge in [0, 0.05) is 5.92 Å². The van der Waals surface area contributed by atoms with E-state index in [1.165, 1.54) is 19.3 Å². The van der Waals surface area contributed by atoms with Crippen LogP contribution in [0.2, 0.25) is 0 Å². The SMILES string of the molecule is OC1CCC(C(O)C2CCCCC2)C(O)C1. The van der Waals surface area contributed by atoms with Crippen LogP contribution in [0.4, 0.5) is 0 Å². The van der Waals surface area contributed by atoms with Gasteiger partial charge in [-0.15, -0.1) is 0 Å². The molecule has 2 aliphatic carbocycles. The first-order valence-electron chi connectivity index (χ1n) is 6.72. The summed E-state index contributed by atoms with van der Waals surface area (Å²) in [4.78, 5) is 0. The maximum atomic E-state index is 10.3. The minimum Gasteiger partial charge on any atom is -0.393 e. The molecule has 4 unspecified atom stereocenters. The average molecular weight is 228 g/mol. The lowest BCUT2D eigenvalue weighted by atomic mass is 9.73. The maximum Gasteiger partial charge on any atom is 0.0621 e. The molecule has 16 heavy (non-hydrogen) atoms. The van der Waals surface area contributed by atoms with Gasteiger partial charge < -0.3 is 15.3 Å². The lowest BCUT2D eigenvalue weighted by Gasteiger charge is -2.38. The Kier molecular flexibility index (Phi) is 4.22. The van der Waals surface area contributed by atoms with Crippen LogP contribution in [0.5, 0.6) is 0 Å². The van der Waals surface area contributed by atoms with Gasteiger partial charge in [0.15, 0.2) is 0 Å². The van der Waals surface area contributed by atoms with E-state index in [1.807, 2.05) is 0 Å². The summed E-state index contributed by atoms with van der Waals surface area (Å²) in [7, 11) is 0. The van der Waals surface area contributed by atoms with Crippen LogP contribution in [0.1, 0.15) is 51.4 Å². The first-order valence-corrected chi connectivity index (χ1v) is 6.72. The molecule has 2 rings (SSSR count). The van der Waals surface area contributed by atoms with Gasteiger partial charge in [0.2, 0.25) is 0 Å². The van der Waals surface area contributed by atoms with Gasteiger partial charge in [-0.05, 0) is 38.0 Å². The highest BCUT2D eigenvalue weighted by atomic mass is 16.3. The first-order chi connectivity index (χ1) is 7.68. The molecule has 2 saturated carbocycles. The Morgan fingerprint density at radius 1 is 0.875 bits per heavy atom. The quantitative estimate of drug-likeness (QED) is 0.670. The molecular formula is C13H24O3. The fourth-order valence-corrected chi connectivity index (χ4v) is 3.37. The normalized spacial score (nSPS) is 39.6. The van der Waals surface area contributed by atoms with Gasteiger partial charge in [0.05, 0.1) is 18.3 Å². The molecule has 2 aliphatic rings. The second kappa shape index (κ2) is 5.48. The molecule has 3 N–H and O–H groups in total. The van der Waals surface area contributed by atoms with Crippen molar-refractivity contribution in [3.8, 4) is 0 Å². The van der Waals surface area contributed by atoms with Gasteiger partial charge in [-0.3, -0.25) is 0 Å². The Bertz CT molecular complexity index is 213. The van der Waals surface area contributed by atoms with Crippen molar-refractivity contribution in [2.24, 2.45) is 11.8 Å². The molecule has 94 valence electrons. The number of hydrogen-bond acceptors (Lipinski definition) is 3. The maximum absolute atomic E-state index is 10.3. The monoisotopic (exact) mass is 228 g/mol. The van der Waals surface area contributed by atoms with Crippen LogP contribution in [0.15, 0.2) is 0 Å². The molecule has 2 fully saturated rings. The highest BCUT2D eigenvalue weighted by Gasteiger charge is 2.36. The predicted octanol–water partition coefficient (Wildman–Crippen LogP) is 1.45. The van der Waals surface area contributed by atoms with Crippen molar-refractivity contribution >= 4 is 0 Å². The molecular weight excluding hydrogens is 204 g/mol. The van der Waals surface area contributed by atoms with Crippen LogP contribution < -0.4 is 0 Å². The summed E-state index contributed by atoms with van der Waals surface area (Å²) in [5.41, 5.74) is 0. The highest BCUT2D eigenvalue weighted by molar-refractivity contribution is 4.87. The molecule has 0 aliphatic heterocycles. The molecule has 0 aromatic heterocycles. The number of aliphatic hydroxyl groups is 3. The molecule has 3 heteroatoms. The minimum absolute atomic E-state index is 0.00787. The fraction of sp³-hybridized carbons (Fsp3) is 1.00. The fourth-order valence-electron chi connectivity index (χ4n) is 3.37. The lowest BCUT2D eigenvalue weighted by Crippen LogP contribution is -2.42. The van der Waals surface area contributed by atoms with Gasteiger partial charge in [0.1, 0.15) is 0 Å².